The second-order valence-electron chi connectivity index (χ2n) is 6.45. The van der Waals surface area contributed by atoms with E-state index in [0.29, 0.717) is 22.6 Å². The predicted molar refractivity (Wildman–Crippen MR) is 106 cm³/mol. The van der Waals surface area contributed by atoms with Gasteiger partial charge in [0.2, 0.25) is 0 Å². The Hall–Kier alpha value is -2.65. The van der Waals surface area contributed by atoms with E-state index in [9.17, 15) is 27.2 Å². The zero-order valence-electron chi connectivity index (χ0n) is 15.5. The Morgan fingerprint density at radius 1 is 1.20 bits per heavy atom. The maximum Gasteiger partial charge on any atom is 0.416 e. The van der Waals surface area contributed by atoms with Gasteiger partial charge in [-0.15, -0.1) is 0 Å². The van der Waals surface area contributed by atoms with Gasteiger partial charge in [0, 0.05) is 12.2 Å². The van der Waals surface area contributed by atoms with Crippen LogP contribution in [0.4, 0.5) is 17.6 Å². The molecule has 0 saturated heterocycles. The summed E-state index contributed by atoms with van der Waals surface area (Å²) < 4.78 is 53.9. The highest BCUT2D eigenvalue weighted by molar-refractivity contribution is 7.11. The second kappa shape index (κ2) is 8.61. The summed E-state index contributed by atoms with van der Waals surface area (Å²) in [6.45, 7) is 1.29. The van der Waals surface area contributed by atoms with Crippen LogP contribution in [-0.4, -0.2) is 10.5 Å². The molecule has 0 fully saturated rings. The number of nitrogens with zero attached hydrogens (tertiary/aromatic N) is 1. The highest BCUT2D eigenvalue weighted by atomic mass is 35.5. The SMILES string of the molecule is Cc1c(C(=O)NCc2ccccc2C(F)(F)F)sc(=O)n1Cc1ccc(F)c(Cl)c1. The molecule has 3 aromatic rings. The Balaban J connectivity index is 1.79. The fourth-order valence-electron chi connectivity index (χ4n) is 2.90. The number of carbonyl (C=O) groups is 1. The molecule has 3 rings (SSSR count). The third-order valence-electron chi connectivity index (χ3n) is 4.44. The third kappa shape index (κ3) is 4.73. The number of rotatable bonds is 5. The molecule has 1 heterocycles. The van der Waals surface area contributed by atoms with Gasteiger partial charge in [0.15, 0.2) is 0 Å². The lowest BCUT2D eigenvalue weighted by Crippen LogP contribution is -2.24. The van der Waals surface area contributed by atoms with Crippen molar-refractivity contribution in [1.29, 1.82) is 0 Å². The van der Waals surface area contributed by atoms with Gasteiger partial charge < -0.3 is 5.32 Å². The number of benzene rings is 2. The number of thiazole rings is 1. The van der Waals surface area contributed by atoms with Gasteiger partial charge in [0.05, 0.1) is 17.1 Å². The summed E-state index contributed by atoms with van der Waals surface area (Å²) in [5.74, 6) is -1.24. The second-order valence-corrected chi connectivity index (χ2v) is 7.82. The van der Waals surface area contributed by atoms with Crippen molar-refractivity contribution in [3.05, 3.63) is 90.2 Å². The Morgan fingerprint density at radius 3 is 2.57 bits per heavy atom. The average Bonchev–Trinajstić information content (AvgIpc) is 2.96. The normalized spacial score (nSPS) is 11.5. The highest BCUT2D eigenvalue weighted by Crippen LogP contribution is 2.31. The minimum atomic E-state index is -4.54. The third-order valence-corrected chi connectivity index (χ3v) is 5.81. The molecule has 0 atom stereocenters. The van der Waals surface area contributed by atoms with Crippen LogP contribution in [-0.2, 0) is 19.3 Å². The highest BCUT2D eigenvalue weighted by Gasteiger charge is 2.33. The van der Waals surface area contributed by atoms with E-state index in [0.717, 1.165) is 6.07 Å². The van der Waals surface area contributed by atoms with E-state index in [4.69, 9.17) is 11.6 Å². The van der Waals surface area contributed by atoms with Crippen LogP contribution in [0.3, 0.4) is 0 Å². The number of hydrogen-bond donors (Lipinski definition) is 1. The number of carbonyl (C=O) groups excluding carboxylic acids is 1. The molecular weight excluding hydrogens is 444 g/mol. The molecule has 0 spiro atoms. The van der Waals surface area contributed by atoms with Crippen LogP contribution in [0.2, 0.25) is 5.02 Å². The molecule has 0 saturated carbocycles. The molecule has 0 radical (unpaired) electrons. The summed E-state index contributed by atoms with van der Waals surface area (Å²) >= 11 is 6.44. The van der Waals surface area contributed by atoms with Gasteiger partial charge in [-0.1, -0.05) is 47.2 Å². The number of amides is 1. The first-order valence-corrected chi connectivity index (χ1v) is 9.85. The molecule has 0 aliphatic carbocycles. The van der Waals surface area contributed by atoms with E-state index in [1.54, 1.807) is 6.92 Å². The van der Waals surface area contributed by atoms with E-state index in [-0.39, 0.29) is 28.6 Å². The summed E-state index contributed by atoms with van der Waals surface area (Å²) in [6, 6.07) is 8.97. The molecule has 4 nitrogen and oxygen atoms in total. The van der Waals surface area contributed by atoms with Gasteiger partial charge in [-0.25, -0.2) is 4.39 Å². The summed E-state index contributed by atoms with van der Waals surface area (Å²) in [5, 5.41) is 2.35. The molecule has 2 aromatic carbocycles. The smallest absolute Gasteiger partial charge is 0.347 e. The van der Waals surface area contributed by atoms with Gasteiger partial charge in [-0.2, -0.15) is 13.2 Å². The summed E-state index contributed by atoms with van der Waals surface area (Å²) in [5.41, 5.74) is 0.00669. The molecule has 1 aromatic heterocycles. The average molecular weight is 459 g/mol. The summed E-state index contributed by atoms with van der Waals surface area (Å²) in [7, 11) is 0. The number of hydrogen-bond acceptors (Lipinski definition) is 3. The van der Waals surface area contributed by atoms with E-state index < -0.39 is 28.3 Å². The summed E-state index contributed by atoms with van der Waals surface area (Å²) in [4.78, 5) is 24.5. The van der Waals surface area contributed by atoms with E-state index in [1.807, 2.05) is 0 Å². The first-order valence-electron chi connectivity index (χ1n) is 8.65. The number of halogens is 5. The van der Waals surface area contributed by atoms with Crippen LogP contribution in [0, 0.1) is 12.7 Å². The van der Waals surface area contributed by atoms with E-state index >= 15 is 0 Å². The molecule has 0 unspecified atom stereocenters. The van der Waals surface area contributed by atoms with Crippen LogP contribution < -0.4 is 10.2 Å². The van der Waals surface area contributed by atoms with Crippen molar-refractivity contribution in [2.45, 2.75) is 26.2 Å². The predicted octanol–water partition coefficient (Wildman–Crippen LogP) is 5.01. The largest absolute Gasteiger partial charge is 0.416 e. The Labute approximate surface area is 177 Å². The lowest BCUT2D eigenvalue weighted by atomic mass is 10.1. The van der Waals surface area contributed by atoms with Gasteiger partial charge >= 0.3 is 11.0 Å². The molecule has 30 heavy (non-hydrogen) atoms. The van der Waals surface area contributed by atoms with Crippen molar-refractivity contribution < 1.29 is 22.4 Å². The maximum absolute atomic E-state index is 13.3. The zero-order valence-corrected chi connectivity index (χ0v) is 17.1. The van der Waals surface area contributed by atoms with Crippen LogP contribution in [0.25, 0.3) is 0 Å². The number of aromatic nitrogens is 1. The molecule has 1 amide bonds. The van der Waals surface area contributed by atoms with Crippen molar-refractivity contribution in [3.8, 4) is 0 Å². The Morgan fingerprint density at radius 2 is 1.90 bits per heavy atom. The van der Waals surface area contributed by atoms with Gasteiger partial charge in [-0.05, 0) is 36.2 Å². The van der Waals surface area contributed by atoms with Crippen LogP contribution in [0.15, 0.2) is 47.3 Å². The Bertz CT molecular complexity index is 1150. The number of alkyl halides is 3. The molecule has 1 N–H and O–H groups in total. The fourth-order valence-corrected chi connectivity index (χ4v) is 4.01. The van der Waals surface area contributed by atoms with Crippen molar-refractivity contribution in [2.75, 3.05) is 0 Å². The van der Waals surface area contributed by atoms with Gasteiger partial charge in [0.1, 0.15) is 10.7 Å². The topological polar surface area (TPSA) is 51.1 Å². The first-order chi connectivity index (χ1) is 14.1. The Kier molecular flexibility index (Phi) is 6.33. The van der Waals surface area contributed by atoms with Crippen molar-refractivity contribution in [1.82, 2.24) is 9.88 Å². The molecule has 0 aliphatic heterocycles. The molecule has 0 bridgehead atoms. The minimum Gasteiger partial charge on any atom is -0.347 e. The summed E-state index contributed by atoms with van der Waals surface area (Å²) in [6.07, 6.45) is -4.54. The van der Waals surface area contributed by atoms with Crippen molar-refractivity contribution >= 4 is 28.8 Å². The monoisotopic (exact) mass is 458 g/mol. The zero-order chi connectivity index (χ0) is 22.1. The molecular formula is C20H15ClF4N2O2S. The van der Waals surface area contributed by atoms with Gasteiger partial charge in [-0.3, -0.25) is 14.2 Å². The van der Waals surface area contributed by atoms with Crippen molar-refractivity contribution in [3.63, 3.8) is 0 Å². The minimum absolute atomic E-state index is 0.0748. The standard InChI is InChI=1S/C20H15ClF4N2O2S/c1-11-17(18(28)26-9-13-4-2-3-5-14(13)20(23,24)25)30-19(29)27(11)10-12-6-7-16(22)15(21)8-12/h2-8H,9-10H2,1H3,(H,26,28). The van der Waals surface area contributed by atoms with E-state index in [2.05, 4.69) is 5.32 Å². The maximum atomic E-state index is 13.3. The number of nitrogens with one attached hydrogen (secondary N) is 1. The van der Waals surface area contributed by atoms with Crippen LogP contribution in [0.1, 0.15) is 32.1 Å². The van der Waals surface area contributed by atoms with E-state index in [1.165, 1.54) is 41.0 Å². The fraction of sp³-hybridized carbons (Fsp3) is 0.200. The van der Waals surface area contributed by atoms with Crippen molar-refractivity contribution in [2.24, 2.45) is 0 Å². The van der Waals surface area contributed by atoms with Gasteiger partial charge in [0.25, 0.3) is 5.91 Å². The first kappa shape index (κ1) is 22.0. The molecule has 0 aliphatic rings. The van der Waals surface area contributed by atoms with Crippen LogP contribution in [0.5, 0.6) is 0 Å². The quantitative estimate of drug-likeness (QED) is 0.546. The lowest BCUT2D eigenvalue weighted by Gasteiger charge is -2.13. The van der Waals surface area contributed by atoms with Crippen LogP contribution >= 0.6 is 22.9 Å². The molecule has 10 heteroatoms. The lowest BCUT2D eigenvalue weighted by molar-refractivity contribution is -0.138. The molecule has 158 valence electrons.